The highest BCUT2D eigenvalue weighted by Crippen LogP contribution is 2.39. The van der Waals surface area contributed by atoms with E-state index in [-0.39, 0.29) is 17.9 Å². The first-order valence-electron chi connectivity index (χ1n) is 14.0. The minimum absolute atomic E-state index is 0.0867. The minimum atomic E-state index is -3.51. The van der Waals surface area contributed by atoms with Gasteiger partial charge in [0.25, 0.3) is 5.91 Å². The Morgan fingerprint density at radius 3 is 2.35 bits per heavy atom. The van der Waals surface area contributed by atoms with Crippen LogP contribution in [0.5, 0.6) is 0 Å². The Morgan fingerprint density at radius 1 is 1.07 bits per heavy atom. The van der Waals surface area contributed by atoms with Crippen molar-refractivity contribution in [3.8, 4) is 0 Å². The normalized spacial score (nSPS) is 18.4. The van der Waals surface area contributed by atoms with Crippen LogP contribution in [0.15, 0.2) is 54.6 Å². The maximum absolute atomic E-state index is 13.6. The molecule has 1 fully saturated rings. The van der Waals surface area contributed by atoms with Crippen molar-refractivity contribution in [3.05, 3.63) is 71.3 Å². The van der Waals surface area contributed by atoms with Crippen LogP contribution in [0.3, 0.4) is 0 Å². The van der Waals surface area contributed by atoms with Crippen LogP contribution in [0, 0.1) is 17.8 Å². The molecule has 1 aliphatic carbocycles. The predicted octanol–water partition coefficient (Wildman–Crippen LogP) is 3.84. The topological polar surface area (TPSA) is 108 Å². The number of hydrogen-bond acceptors (Lipinski definition) is 5. The average molecular weight is 569 g/mol. The third-order valence-corrected chi connectivity index (χ3v) is 8.39. The maximum atomic E-state index is 13.6. The molecule has 0 spiro atoms. The summed E-state index contributed by atoms with van der Waals surface area (Å²) < 4.78 is 25.7. The molecule has 2 aromatic carbocycles. The fourth-order valence-electron chi connectivity index (χ4n) is 4.30. The van der Waals surface area contributed by atoms with E-state index in [1.165, 1.54) is 11.4 Å². The van der Waals surface area contributed by atoms with Crippen molar-refractivity contribution in [3.63, 3.8) is 0 Å². The van der Waals surface area contributed by atoms with Crippen molar-refractivity contribution in [1.82, 2.24) is 16.0 Å². The van der Waals surface area contributed by atoms with Crippen molar-refractivity contribution in [2.24, 2.45) is 17.8 Å². The van der Waals surface area contributed by atoms with Gasteiger partial charge in [0.05, 0.1) is 18.0 Å². The van der Waals surface area contributed by atoms with Crippen LogP contribution >= 0.6 is 0 Å². The molecule has 218 valence electrons. The fourth-order valence-corrected chi connectivity index (χ4v) is 4.79. The molecule has 40 heavy (non-hydrogen) atoms. The van der Waals surface area contributed by atoms with E-state index >= 15 is 0 Å². The predicted molar refractivity (Wildman–Crippen MR) is 163 cm³/mol. The number of rotatable bonds is 14. The van der Waals surface area contributed by atoms with Gasteiger partial charge in [0, 0.05) is 31.7 Å². The standard InChI is InChI=1S/C31H44N4O4S/c1-21(2)19-33-30(36)23(4)32-20-28(16-24-10-8-7-9-11-24)34-31(37)27-15-25(12-13-26-14-22(26)3)17-29(18-27)35(5)40(6,38)39/h7-13,15,17-18,21-23,26,28,32H,14,16,19-20H2,1-6H3,(H,33,36)(H,34,37)/t22-,23-,26-,28-/m0/s1. The Balaban J connectivity index is 1.81. The molecule has 3 rings (SSSR count). The Hall–Kier alpha value is -3.17. The molecular weight excluding hydrogens is 524 g/mol. The first-order chi connectivity index (χ1) is 18.8. The largest absolute Gasteiger partial charge is 0.354 e. The summed E-state index contributed by atoms with van der Waals surface area (Å²) in [6, 6.07) is 14.3. The summed E-state index contributed by atoms with van der Waals surface area (Å²) in [5.74, 6) is 1.11. The molecule has 0 aromatic heterocycles. The van der Waals surface area contributed by atoms with Crippen LogP contribution in [-0.4, -0.2) is 58.7 Å². The summed E-state index contributed by atoms with van der Waals surface area (Å²) in [6.07, 6.45) is 6.93. The van der Waals surface area contributed by atoms with Gasteiger partial charge in [-0.2, -0.15) is 0 Å². The van der Waals surface area contributed by atoms with Gasteiger partial charge < -0.3 is 16.0 Å². The monoisotopic (exact) mass is 568 g/mol. The van der Waals surface area contributed by atoms with Crippen LogP contribution in [0.1, 0.15) is 55.6 Å². The van der Waals surface area contributed by atoms with Gasteiger partial charge in [-0.05, 0) is 66.8 Å². The van der Waals surface area contributed by atoms with E-state index in [0.717, 1.165) is 23.8 Å². The van der Waals surface area contributed by atoms with Crippen molar-refractivity contribution in [2.75, 3.05) is 30.7 Å². The quantitative estimate of drug-likeness (QED) is 0.321. The van der Waals surface area contributed by atoms with Crippen LogP contribution in [0.4, 0.5) is 5.69 Å². The molecule has 3 N–H and O–H groups in total. The highest BCUT2D eigenvalue weighted by molar-refractivity contribution is 7.92. The van der Waals surface area contributed by atoms with Gasteiger partial charge >= 0.3 is 0 Å². The lowest BCUT2D eigenvalue weighted by Crippen LogP contribution is -2.50. The molecular formula is C31H44N4O4S. The summed E-state index contributed by atoms with van der Waals surface area (Å²) in [7, 11) is -2.03. The number of anilines is 1. The fraction of sp³-hybridized carbons (Fsp3) is 0.484. The Morgan fingerprint density at radius 2 is 1.75 bits per heavy atom. The summed E-state index contributed by atoms with van der Waals surface area (Å²) >= 11 is 0. The molecule has 0 radical (unpaired) electrons. The number of nitrogens with zero attached hydrogens (tertiary/aromatic N) is 1. The molecule has 8 nitrogen and oxygen atoms in total. The first kappa shape index (κ1) is 31.4. The maximum Gasteiger partial charge on any atom is 0.251 e. The zero-order valence-corrected chi connectivity index (χ0v) is 25.3. The second-order valence-electron chi connectivity index (χ2n) is 11.4. The number of benzene rings is 2. The van der Waals surface area contributed by atoms with Crippen LogP contribution in [-0.2, 0) is 21.2 Å². The molecule has 2 amide bonds. The number of carbonyl (C=O) groups is 2. The number of nitrogens with one attached hydrogen (secondary N) is 3. The number of hydrogen-bond donors (Lipinski definition) is 3. The molecule has 1 saturated carbocycles. The Bertz CT molecular complexity index is 1290. The highest BCUT2D eigenvalue weighted by Gasteiger charge is 2.29. The van der Waals surface area contributed by atoms with Crippen LogP contribution in [0.2, 0.25) is 0 Å². The smallest absolute Gasteiger partial charge is 0.251 e. The zero-order valence-electron chi connectivity index (χ0n) is 24.5. The van der Waals surface area contributed by atoms with Gasteiger partial charge in [-0.15, -0.1) is 0 Å². The lowest BCUT2D eigenvalue weighted by Gasteiger charge is -2.23. The van der Waals surface area contributed by atoms with E-state index in [4.69, 9.17) is 0 Å². The third-order valence-electron chi connectivity index (χ3n) is 7.18. The van der Waals surface area contributed by atoms with E-state index in [1.807, 2.05) is 50.3 Å². The molecule has 1 aliphatic rings. The van der Waals surface area contributed by atoms with Crippen molar-refractivity contribution in [1.29, 1.82) is 0 Å². The summed E-state index contributed by atoms with van der Waals surface area (Å²) in [4.78, 5) is 26.1. The SMILES string of the molecule is CC(C)CNC(=O)[C@H](C)NC[C@H](Cc1ccccc1)NC(=O)c1cc(C=C[C@H]2C[C@@H]2C)cc(N(C)S(C)(=O)=O)c1. The second-order valence-corrected chi connectivity index (χ2v) is 13.4. The van der Waals surface area contributed by atoms with E-state index in [0.29, 0.717) is 48.5 Å². The molecule has 2 aromatic rings. The number of amides is 2. The van der Waals surface area contributed by atoms with E-state index in [9.17, 15) is 18.0 Å². The first-order valence-corrected chi connectivity index (χ1v) is 15.8. The summed E-state index contributed by atoms with van der Waals surface area (Å²) in [6.45, 7) is 9.06. The van der Waals surface area contributed by atoms with Gasteiger partial charge in [-0.25, -0.2) is 8.42 Å². The molecule has 0 aliphatic heterocycles. The van der Waals surface area contributed by atoms with Crippen molar-refractivity contribution >= 4 is 33.6 Å². The molecule has 0 heterocycles. The lowest BCUT2D eigenvalue weighted by molar-refractivity contribution is -0.122. The Labute approximate surface area is 239 Å². The van der Waals surface area contributed by atoms with Gasteiger partial charge in [-0.1, -0.05) is 63.3 Å². The van der Waals surface area contributed by atoms with Crippen molar-refractivity contribution in [2.45, 2.75) is 52.6 Å². The van der Waals surface area contributed by atoms with Gasteiger partial charge in [-0.3, -0.25) is 13.9 Å². The van der Waals surface area contributed by atoms with Crippen LogP contribution in [0.25, 0.3) is 6.08 Å². The lowest BCUT2D eigenvalue weighted by atomic mass is 10.0. The van der Waals surface area contributed by atoms with Gasteiger partial charge in [0.15, 0.2) is 0 Å². The highest BCUT2D eigenvalue weighted by atomic mass is 32.2. The van der Waals surface area contributed by atoms with Crippen LogP contribution < -0.4 is 20.3 Å². The summed E-state index contributed by atoms with van der Waals surface area (Å²) in [5.41, 5.74) is 2.62. The van der Waals surface area contributed by atoms with E-state index in [2.05, 4.69) is 29.0 Å². The molecule has 4 atom stereocenters. The van der Waals surface area contributed by atoms with E-state index < -0.39 is 16.1 Å². The van der Waals surface area contributed by atoms with Gasteiger partial charge in [0.2, 0.25) is 15.9 Å². The third kappa shape index (κ3) is 9.78. The van der Waals surface area contributed by atoms with Gasteiger partial charge in [0.1, 0.15) is 0 Å². The van der Waals surface area contributed by atoms with Crippen molar-refractivity contribution < 1.29 is 18.0 Å². The summed E-state index contributed by atoms with van der Waals surface area (Å²) in [5, 5.41) is 9.32. The average Bonchev–Trinajstić information content (AvgIpc) is 3.62. The molecule has 0 bridgehead atoms. The minimum Gasteiger partial charge on any atom is -0.354 e. The number of carbonyl (C=O) groups excluding carboxylic acids is 2. The Kier molecular flexibility index (Phi) is 10.9. The molecule has 0 saturated heterocycles. The number of allylic oxidation sites excluding steroid dienone is 1. The van der Waals surface area contributed by atoms with E-state index in [1.54, 1.807) is 25.1 Å². The molecule has 0 unspecified atom stereocenters. The second kappa shape index (κ2) is 13.9. The number of sulfonamides is 1. The molecule has 9 heteroatoms. The zero-order chi connectivity index (χ0) is 29.4.